The monoisotopic (exact) mass is 347 g/mol. The Morgan fingerprint density at radius 2 is 1.72 bits per heavy atom. The predicted molar refractivity (Wildman–Crippen MR) is 97.8 cm³/mol. The second kappa shape index (κ2) is 8.85. The summed E-state index contributed by atoms with van der Waals surface area (Å²) in [6, 6.07) is 6.38. The van der Waals surface area contributed by atoms with E-state index in [1.165, 1.54) is 0 Å². The Hall–Kier alpha value is -2.08. The number of benzene rings is 1. The van der Waals surface area contributed by atoms with Gasteiger partial charge in [0, 0.05) is 31.7 Å². The van der Waals surface area contributed by atoms with E-state index in [9.17, 15) is 9.59 Å². The van der Waals surface area contributed by atoms with Gasteiger partial charge in [0.25, 0.3) is 5.91 Å². The lowest BCUT2D eigenvalue weighted by Crippen LogP contribution is -2.56. The molecule has 2 amide bonds. The van der Waals surface area contributed by atoms with Crippen molar-refractivity contribution < 1.29 is 14.3 Å². The molecule has 6 nitrogen and oxygen atoms in total. The minimum absolute atomic E-state index is 0.00705. The molecule has 1 saturated heterocycles. The first kappa shape index (κ1) is 19.2. The zero-order chi connectivity index (χ0) is 18.4. The fourth-order valence-electron chi connectivity index (χ4n) is 2.96. The fraction of sp³-hybridized carbons (Fsp3) is 0.579. The number of piperazine rings is 1. The highest BCUT2D eigenvalue weighted by molar-refractivity contribution is 5.97. The van der Waals surface area contributed by atoms with Crippen LogP contribution in [0, 0.1) is 5.92 Å². The van der Waals surface area contributed by atoms with E-state index in [1.807, 2.05) is 18.7 Å². The lowest BCUT2D eigenvalue weighted by atomic mass is 10.0. The third-order valence-electron chi connectivity index (χ3n) is 4.70. The molecule has 138 valence electrons. The third kappa shape index (κ3) is 4.95. The molecule has 0 bridgehead atoms. The molecule has 1 heterocycles. The SMILES string of the molecule is CCN1CCN(C(=O)C(NC(=O)c2ccc(OC)cc2)C(C)C)CC1. The molecule has 1 N–H and O–H groups in total. The summed E-state index contributed by atoms with van der Waals surface area (Å²) in [5, 5.41) is 2.91. The van der Waals surface area contributed by atoms with Crippen molar-refractivity contribution in [2.45, 2.75) is 26.8 Å². The van der Waals surface area contributed by atoms with E-state index < -0.39 is 6.04 Å². The maximum absolute atomic E-state index is 12.9. The van der Waals surface area contributed by atoms with Crippen molar-refractivity contribution in [1.29, 1.82) is 0 Å². The Bertz CT molecular complexity index is 578. The number of hydrogen-bond acceptors (Lipinski definition) is 4. The van der Waals surface area contributed by atoms with Gasteiger partial charge in [-0.25, -0.2) is 0 Å². The molecule has 1 fully saturated rings. The summed E-state index contributed by atoms with van der Waals surface area (Å²) in [5.41, 5.74) is 0.523. The first-order valence-corrected chi connectivity index (χ1v) is 8.92. The first-order chi connectivity index (χ1) is 12.0. The second-order valence-electron chi connectivity index (χ2n) is 6.68. The predicted octanol–water partition coefficient (Wildman–Crippen LogP) is 1.61. The summed E-state index contributed by atoms with van der Waals surface area (Å²) in [7, 11) is 1.58. The summed E-state index contributed by atoms with van der Waals surface area (Å²) in [4.78, 5) is 29.6. The van der Waals surface area contributed by atoms with Crippen LogP contribution in [-0.4, -0.2) is 67.5 Å². The minimum Gasteiger partial charge on any atom is -0.497 e. The molecule has 25 heavy (non-hydrogen) atoms. The number of nitrogens with one attached hydrogen (secondary N) is 1. The van der Waals surface area contributed by atoms with Crippen molar-refractivity contribution in [2.24, 2.45) is 5.92 Å². The van der Waals surface area contributed by atoms with Crippen molar-refractivity contribution in [1.82, 2.24) is 15.1 Å². The van der Waals surface area contributed by atoms with E-state index in [1.54, 1.807) is 31.4 Å². The molecule has 0 spiro atoms. The molecule has 0 radical (unpaired) electrons. The summed E-state index contributed by atoms with van der Waals surface area (Å²) >= 11 is 0. The van der Waals surface area contributed by atoms with Gasteiger partial charge in [-0.05, 0) is 36.7 Å². The number of carbonyl (C=O) groups is 2. The average Bonchev–Trinajstić information content (AvgIpc) is 2.65. The zero-order valence-electron chi connectivity index (χ0n) is 15.6. The number of ether oxygens (including phenoxy) is 1. The van der Waals surface area contributed by atoms with Gasteiger partial charge in [-0.15, -0.1) is 0 Å². The number of amides is 2. The summed E-state index contributed by atoms with van der Waals surface area (Å²) in [6.45, 7) is 10.3. The zero-order valence-corrected chi connectivity index (χ0v) is 15.6. The molecule has 1 aliphatic heterocycles. The summed E-state index contributed by atoms with van der Waals surface area (Å²) in [6.07, 6.45) is 0. The van der Waals surface area contributed by atoms with Crippen LogP contribution in [0.4, 0.5) is 0 Å². The van der Waals surface area contributed by atoms with Gasteiger partial charge < -0.3 is 19.9 Å². The molecular weight excluding hydrogens is 318 g/mol. The van der Waals surface area contributed by atoms with Crippen molar-refractivity contribution >= 4 is 11.8 Å². The van der Waals surface area contributed by atoms with Crippen LogP contribution < -0.4 is 10.1 Å². The van der Waals surface area contributed by atoms with E-state index in [2.05, 4.69) is 17.1 Å². The van der Waals surface area contributed by atoms with Crippen LogP contribution in [0.1, 0.15) is 31.1 Å². The van der Waals surface area contributed by atoms with E-state index in [4.69, 9.17) is 4.74 Å². The molecule has 0 aromatic heterocycles. The van der Waals surface area contributed by atoms with Crippen molar-refractivity contribution in [2.75, 3.05) is 39.8 Å². The van der Waals surface area contributed by atoms with Gasteiger partial charge in [0.05, 0.1) is 7.11 Å². The molecule has 6 heteroatoms. The van der Waals surface area contributed by atoms with Crippen LogP contribution in [0.2, 0.25) is 0 Å². The topological polar surface area (TPSA) is 61.9 Å². The van der Waals surface area contributed by atoms with E-state index in [0.29, 0.717) is 24.4 Å². The van der Waals surface area contributed by atoms with Crippen LogP contribution in [0.15, 0.2) is 24.3 Å². The van der Waals surface area contributed by atoms with Crippen LogP contribution in [-0.2, 0) is 4.79 Å². The molecule has 2 rings (SSSR count). The number of rotatable bonds is 6. The molecule has 1 aliphatic rings. The Morgan fingerprint density at radius 1 is 1.12 bits per heavy atom. The van der Waals surface area contributed by atoms with Crippen LogP contribution in [0.25, 0.3) is 0 Å². The smallest absolute Gasteiger partial charge is 0.251 e. The number of likely N-dealkylation sites (N-methyl/N-ethyl adjacent to an activating group) is 1. The standard InChI is InChI=1S/C19H29N3O3/c1-5-21-10-12-22(13-11-21)19(24)17(14(2)3)20-18(23)15-6-8-16(25-4)9-7-15/h6-9,14,17H,5,10-13H2,1-4H3,(H,20,23). The summed E-state index contributed by atoms with van der Waals surface area (Å²) < 4.78 is 5.11. The van der Waals surface area contributed by atoms with E-state index in [0.717, 1.165) is 19.6 Å². The van der Waals surface area contributed by atoms with Gasteiger partial charge in [0.1, 0.15) is 11.8 Å². The first-order valence-electron chi connectivity index (χ1n) is 8.92. The Kier molecular flexibility index (Phi) is 6.82. The fourth-order valence-corrected chi connectivity index (χ4v) is 2.96. The Morgan fingerprint density at radius 3 is 2.20 bits per heavy atom. The van der Waals surface area contributed by atoms with Crippen LogP contribution in [0.5, 0.6) is 5.75 Å². The van der Waals surface area contributed by atoms with Crippen molar-refractivity contribution in [3.8, 4) is 5.75 Å². The lowest BCUT2D eigenvalue weighted by molar-refractivity contribution is -0.136. The normalized spacial score (nSPS) is 16.6. The highest BCUT2D eigenvalue weighted by atomic mass is 16.5. The van der Waals surface area contributed by atoms with Gasteiger partial charge in [-0.2, -0.15) is 0 Å². The van der Waals surface area contributed by atoms with Crippen molar-refractivity contribution in [3.63, 3.8) is 0 Å². The van der Waals surface area contributed by atoms with Gasteiger partial charge >= 0.3 is 0 Å². The van der Waals surface area contributed by atoms with Gasteiger partial charge in [0.2, 0.25) is 5.91 Å². The molecule has 1 unspecified atom stereocenters. The largest absolute Gasteiger partial charge is 0.497 e. The Labute approximate surface area is 150 Å². The molecule has 1 atom stereocenters. The number of nitrogens with zero attached hydrogens (tertiary/aromatic N) is 2. The highest BCUT2D eigenvalue weighted by Crippen LogP contribution is 2.14. The summed E-state index contributed by atoms with van der Waals surface area (Å²) in [5.74, 6) is 0.496. The highest BCUT2D eigenvalue weighted by Gasteiger charge is 2.30. The maximum Gasteiger partial charge on any atom is 0.251 e. The van der Waals surface area contributed by atoms with E-state index in [-0.39, 0.29) is 17.7 Å². The lowest BCUT2D eigenvalue weighted by Gasteiger charge is -2.36. The molecular formula is C19H29N3O3. The van der Waals surface area contributed by atoms with E-state index >= 15 is 0 Å². The second-order valence-corrected chi connectivity index (χ2v) is 6.68. The molecule has 0 saturated carbocycles. The number of hydrogen-bond donors (Lipinski definition) is 1. The minimum atomic E-state index is -0.511. The third-order valence-corrected chi connectivity index (χ3v) is 4.70. The quantitative estimate of drug-likeness (QED) is 0.849. The molecule has 1 aromatic carbocycles. The van der Waals surface area contributed by atoms with Crippen LogP contribution in [0.3, 0.4) is 0 Å². The Balaban J connectivity index is 2.02. The number of carbonyl (C=O) groups excluding carboxylic acids is 2. The van der Waals surface area contributed by atoms with Crippen molar-refractivity contribution in [3.05, 3.63) is 29.8 Å². The van der Waals surface area contributed by atoms with Crippen LogP contribution >= 0.6 is 0 Å². The van der Waals surface area contributed by atoms with Gasteiger partial charge in [0.15, 0.2) is 0 Å². The number of methoxy groups -OCH3 is 1. The van der Waals surface area contributed by atoms with Gasteiger partial charge in [-0.1, -0.05) is 20.8 Å². The van der Waals surface area contributed by atoms with Gasteiger partial charge in [-0.3, -0.25) is 9.59 Å². The average molecular weight is 347 g/mol. The molecule has 1 aromatic rings. The molecule has 0 aliphatic carbocycles. The maximum atomic E-state index is 12.9.